The van der Waals surface area contributed by atoms with Crippen molar-refractivity contribution in [1.29, 1.82) is 0 Å². The van der Waals surface area contributed by atoms with Crippen LogP contribution in [0.25, 0.3) is 0 Å². The molecule has 0 spiro atoms. The van der Waals surface area contributed by atoms with Gasteiger partial charge in [-0.3, -0.25) is 0 Å². The monoisotopic (exact) mass is 110 g/mol. The summed E-state index contributed by atoms with van der Waals surface area (Å²) < 4.78 is 0. The van der Waals surface area contributed by atoms with Crippen molar-refractivity contribution in [3.63, 3.8) is 0 Å². The van der Waals surface area contributed by atoms with Crippen molar-refractivity contribution in [2.45, 2.75) is 13.8 Å². The molecule has 0 atom stereocenters. The van der Waals surface area contributed by atoms with E-state index in [1.54, 1.807) is 0 Å². The molecular formula is C8H14. The molecule has 0 aromatic rings. The molecule has 0 aliphatic rings. The number of hydrogen-bond acceptors (Lipinski definition) is 0. The van der Waals surface area contributed by atoms with E-state index in [-0.39, 0.29) is 0 Å². The van der Waals surface area contributed by atoms with Crippen molar-refractivity contribution in [2.75, 3.05) is 0 Å². The molecule has 0 rings (SSSR count). The van der Waals surface area contributed by atoms with E-state index in [9.17, 15) is 0 Å². The Morgan fingerprint density at radius 1 is 0.875 bits per heavy atom. The predicted molar refractivity (Wildman–Crippen MR) is 40.9 cm³/mol. The van der Waals surface area contributed by atoms with Crippen LogP contribution in [0.15, 0.2) is 37.5 Å². The van der Waals surface area contributed by atoms with Crippen LogP contribution in [0.1, 0.15) is 13.8 Å². The Morgan fingerprint density at radius 3 is 1.00 bits per heavy atom. The van der Waals surface area contributed by atoms with Gasteiger partial charge in [0.1, 0.15) is 0 Å². The fourth-order valence-electron chi connectivity index (χ4n) is 0. The Morgan fingerprint density at radius 2 is 1.00 bits per heavy atom. The fourth-order valence-corrected chi connectivity index (χ4v) is 0. The molecule has 0 unspecified atom stereocenters. The molecular weight excluding hydrogens is 96.1 g/mol. The second kappa shape index (κ2) is 6.22. The summed E-state index contributed by atoms with van der Waals surface area (Å²) in [4.78, 5) is 0. The van der Waals surface area contributed by atoms with Gasteiger partial charge in [0.25, 0.3) is 0 Å². The zero-order chi connectivity index (χ0) is 7.15. The molecule has 0 N–H and O–H groups in total. The summed E-state index contributed by atoms with van der Waals surface area (Å²) in [5, 5.41) is 0. The minimum Gasteiger partial charge on any atom is -0.106 e. The van der Waals surface area contributed by atoms with Crippen molar-refractivity contribution < 1.29 is 0 Å². The molecule has 0 saturated heterocycles. The van der Waals surface area contributed by atoms with Crippen LogP contribution in [0.4, 0.5) is 0 Å². The van der Waals surface area contributed by atoms with E-state index in [2.05, 4.69) is 26.3 Å². The lowest BCUT2D eigenvalue weighted by atomic mass is 10.2. The third-order valence-corrected chi connectivity index (χ3v) is 0.729. The maximum Gasteiger partial charge on any atom is -0.0401 e. The Hall–Kier alpha value is -0.780. The first-order valence-corrected chi connectivity index (χ1v) is 2.46. The molecule has 0 heterocycles. The molecule has 0 aromatic heterocycles. The molecule has 8 heavy (non-hydrogen) atoms. The molecule has 0 aliphatic carbocycles. The SMILES string of the molecule is C=C.C=C(C)C(=C)C. The van der Waals surface area contributed by atoms with E-state index < -0.39 is 0 Å². The van der Waals surface area contributed by atoms with Gasteiger partial charge in [-0.25, -0.2) is 0 Å². The van der Waals surface area contributed by atoms with Gasteiger partial charge in [0.05, 0.1) is 0 Å². The summed E-state index contributed by atoms with van der Waals surface area (Å²) >= 11 is 0. The summed E-state index contributed by atoms with van der Waals surface area (Å²) in [7, 11) is 0. The topological polar surface area (TPSA) is 0 Å². The quantitative estimate of drug-likeness (QED) is 0.359. The molecule has 0 aromatic carbocycles. The Balaban J connectivity index is 0. The van der Waals surface area contributed by atoms with E-state index in [0.717, 1.165) is 11.1 Å². The molecule has 0 bridgehead atoms. The van der Waals surface area contributed by atoms with Gasteiger partial charge in [-0.05, 0) is 13.8 Å². The van der Waals surface area contributed by atoms with Crippen molar-refractivity contribution in [3.05, 3.63) is 37.5 Å². The summed E-state index contributed by atoms with van der Waals surface area (Å²) in [5.74, 6) is 0. The highest BCUT2D eigenvalue weighted by atomic mass is 13.8. The van der Waals surface area contributed by atoms with Crippen LogP contribution in [0.5, 0.6) is 0 Å². The Labute approximate surface area is 52.2 Å². The summed E-state index contributed by atoms with van der Waals surface area (Å²) in [6.07, 6.45) is 0. The van der Waals surface area contributed by atoms with Gasteiger partial charge in [0.15, 0.2) is 0 Å². The number of hydrogen-bond donors (Lipinski definition) is 0. The van der Waals surface area contributed by atoms with Crippen LogP contribution < -0.4 is 0 Å². The molecule has 0 nitrogen and oxygen atoms in total. The van der Waals surface area contributed by atoms with E-state index >= 15 is 0 Å². The third kappa shape index (κ3) is 8.97. The first kappa shape index (κ1) is 10.3. The van der Waals surface area contributed by atoms with E-state index in [0.29, 0.717) is 0 Å². The highest BCUT2D eigenvalue weighted by molar-refractivity contribution is 5.19. The average molecular weight is 110 g/mol. The van der Waals surface area contributed by atoms with Crippen molar-refractivity contribution in [1.82, 2.24) is 0 Å². The van der Waals surface area contributed by atoms with Gasteiger partial charge in [-0.1, -0.05) is 24.3 Å². The van der Waals surface area contributed by atoms with Crippen LogP contribution in [0.3, 0.4) is 0 Å². The number of rotatable bonds is 1. The molecule has 0 saturated carbocycles. The largest absolute Gasteiger partial charge is 0.106 e. The van der Waals surface area contributed by atoms with Gasteiger partial charge < -0.3 is 0 Å². The zero-order valence-electron chi connectivity index (χ0n) is 5.83. The minimum atomic E-state index is 1.06. The second-order valence-electron chi connectivity index (χ2n) is 1.56. The highest BCUT2D eigenvalue weighted by Crippen LogP contribution is 1.98. The summed E-state index contributed by atoms with van der Waals surface area (Å²) in [6.45, 7) is 17.2. The maximum atomic E-state index is 3.66. The lowest BCUT2D eigenvalue weighted by molar-refractivity contribution is 1.39. The van der Waals surface area contributed by atoms with E-state index in [1.807, 2.05) is 13.8 Å². The first-order valence-electron chi connectivity index (χ1n) is 2.46. The predicted octanol–water partition coefficient (Wildman–Crippen LogP) is 2.94. The van der Waals surface area contributed by atoms with Crippen LogP contribution in [0, 0.1) is 0 Å². The third-order valence-electron chi connectivity index (χ3n) is 0.729. The molecule has 0 fully saturated rings. The summed E-state index contributed by atoms with van der Waals surface area (Å²) in [6, 6.07) is 0. The van der Waals surface area contributed by atoms with Gasteiger partial charge in [0.2, 0.25) is 0 Å². The number of allylic oxidation sites excluding steroid dienone is 2. The van der Waals surface area contributed by atoms with Crippen LogP contribution in [0.2, 0.25) is 0 Å². The lowest BCUT2D eigenvalue weighted by Crippen LogP contribution is -1.67. The van der Waals surface area contributed by atoms with Gasteiger partial charge in [-0.2, -0.15) is 0 Å². The minimum absolute atomic E-state index is 1.06. The molecule has 0 amide bonds. The van der Waals surface area contributed by atoms with Gasteiger partial charge in [0, 0.05) is 0 Å². The van der Waals surface area contributed by atoms with Crippen molar-refractivity contribution in [3.8, 4) is 0 Å². The second-order valence-corrected chi connectivity index (χ2v) is 1.56. The smallest absolute Gasteiger partial charge is 0.0401 e. The van der Waals surface area contributed by atoms with Gasteiger partial charge >= 0.3 is 0 Å². The zero-order valence-corrected chi connectivity index (χ0v) is 5.83. The van der Waals surface area contributed by atoms with Crippen LogP contribution in [-0.4, -0.2) is 0 Å². The Kier molecular flexibility index (Phi) is 7.97. The van der Waals surface area contributed by atoms with Crippen LogP contribution >= 0.6 is 0 Å². The first-order chi connectivity index (χ1) is 3.64. The maximum absolute atomic E-state index is 3.66. The highest BCUT2D eigenvalue weighted by Gasteiger charge is 1.77. The van der Waals surface area contributed by atoms with Crippen LogP contribution in [-0.2, 0) is 0 Å². The normalized spacial score (nSPS) is 6.25. The molecule has 0 heteroatoms. The van der Waals surface area contributed by atoms with Crippen molar-refractivity contribution >= 4 is 0 Å². The summed E-state index contributed by atoms with van der Waals surface area (Å²) in [5.41, 5.74) is 2.13. The van der Waals surface area contributed by atoms with Gasteiger partial charge in [-0.15, -0.1) is 13.2 Å². The van der Waals surface area contributed by atoms with E-state index in [1.165, 1.54) is 0 Å². The fraction of sp³-hybridized carbons (Fsp3) is 0.250. The average Bonchev–Trinajstić information content (AvgIpc) is 1.72. The standard InChI is InChI=1S/C6H10.C2H4/c1-5(2)6(3)4;1-2/h1,3H2,2,4H3;1-2H2. The molecule has 0 aliphatic heterocycles. The lowest BCUT2D eigenvalue weighted by Gasteiger charge is -1.88. The van der Waals surface area contributed by atoms with Crippen molar-refractivity contribution in [2.24, 2.45) is 0 Å². The molecule has 0 radical (unpaired) electrons. The Bertz CT molecular complexity index is 76.2. The molecule has 46 valence electrons. The van der Waals surface area contributed by atoms with E-state index in [4.69, 9.17) is 0 Å².